The molecule has 4 N–H and O–H groups in total. The molecule has 0 fully saturated rings. The Balaban J connectivity index is 0.00000104. The topological polar surface area (TPSA) is 103 Å². The van der Waals surface area contributed by atoms with E-state index in [2.05, 4.69) is 33.3 Å². The molecule has 4 rings (SSSR count). The fourth-order valence-corrected chi connectivity index (χ4v) is 3.67. The maximum atomic E-state index is 13.0. The third-order valence-electron chi connectivity index (χ3n) is 4.92. The van der Waals surface area contributed by atoms with Gasteiger partial charge in [0.15, 0.2) is 5.78 Å². The van der Waals surface area contributed by atoms with Crippen molar-refractivity contribution in [1.29, 1.82) is 0 Å². The summed E-state index contributed by atoms with van der Waals surface area (Å²) < 4.78 is 4.26. The number of fused-ring (bicyclic) bond motifs is 3. The van der Waals surface area contributed by atoms with E-state index in [0.29, 0.717) is 0 Å². The van der Waals surface area contributed by atoms with E-state index in [1.807, 2.05) is 25.3 Å². The summed E-state index contributed by atoms with van der Waals surface area (Å²) in [6.45, 7) is 2.71. The smallest absolute Gasteiger partial charge is 0.170 e. The molecule has 0 saturated heterocycles. The standard InChI is InChI=1S/C18H19N3O.ClH.2H2O/c1-12-19-9-10-21(12)11-13-7-8-16-17(18(13)22)14-5-3-4-6-15(14)20(16)2;;;/h3-6,9-10,13H,7-8,11H2,1-2H3;1H;2*1H2/p-1. The Morgan fingerprint density at radius 3 is 2.64 bits per heavy atom. The van der Waals surface area contributed by atoms with Crippen LogP contribution in [0, 0.1) is 12.8 Å². The Morgan fingerprint density at radius 2 is 1.96 bits per heavy atom. The Kier molecular flexibility index (Phi) is 6.54. The second kappa shape index (κ2) is 7.82. The minimum Gasteiger partial charge on any atom is -1.00 e. The molecule has 6 nitrogen and oxygen atoms in total. The number of imidazole rings is 1. The van der Waals surface area contributed by atoms with Crippen LogP contribution in [0.1, 0.15) is 28.3 Å². The quantitative estimate of drug-likeness (QED) is 0.551. The third kappa shape index (κ3) is 3.20. The molecule has 136 valence electrons. The van der Waals surface area contributed by atoms with Crippen molar-refractivity contribution in [2.75, 3.05) is 0 Å². The molecule has 0 amide bonds. The summed E-state index contributed by atoms with van der Waals surface area (Å²) in [5.74, 6) is 1.30. The lowest BCUT2D eigenvalue weighted by atomic mass is 9.85. The molecule has 1 atom stereocenters. The van der Waals surface area contributed by atoms with E-state index >= 15 is 0 Å². The van der Waals surface area contributed by atoms with Crippen molar-refractivity contribution in [1.82, 2.24) is 14.1 Å². The van der Waals surface area contributed by atoms with Gasteiger partial charge >= 0.3 is 0 Å². The molecule has 1 aliphatic rings. The summed E-state index contributed by atoms with van der Waals surface area (Å²) in [7, 11) is 2.06. The first-order valence-corrected chi connectivity index (χ1v) is 7.75. The van der Waals surface area contributed by atoms with Gasteiger partial charge in [-0.2, -0.15) is 0 Å². The van der Waals surface area contributed by atoms with Crippen LogP contribution in [0.3, 0.4) is 0 Å². The number of benzene rings is 1. The van der Waals surface area contributed by atoms with E-state index in [4.69, 9.17) is 0 Å². The minimum absolute atomic E-state index is 0. The molecule has 1 aliphatic carbocycles. The van der Waals surface area contributed by atoms with E-state index in [1.54, 1.807) is 6.20 Å². The van der Waals surface area contributed by atoms with Crippen LogP contribution in [-0.4, -0.2) is 30.9 Å². The van der Waals surface area contributed by atoms with Gasteiger partial charge in [-0.1, -0.05) is 18.2 Å². The number of ketones is 1. The SMILES string of the molecule is Cc1nccn1CC1CCc2c(c3ccccc3n2C)C1=O.O.O.[Cl-]. The molecule has 0 aliphatic heterocycles. The Labute approximate surface area is 152 Å². The maximum Gasteiger partial charge on any atom is 0.170 e. The van der Waals surface area contributed by atoms with Gasteiger partial charge in [0.1, 0.15) is 5.82 Å². The van der Waals surface area contributed by atoms with Crippen LogP contribution in [0.25, 0.3) is 10.9 Å². The predicted molar refractivity (Wildman–Crippen MR) is 93.3 cm³/mol. The molecule has 3 aromatic rings. The zero-order valence-corrected chi connectivity index (χ0v) is 15.0. The number of aromatic nitrogens is 3. The second-order valence-corrected chi connectivity index (χ2v) is 6.12. The highest BCUT2D eigenvalue weighted by Gasteiger charge is 2.32. The van der Waals surface area contributed by atoms with Crippen molar-refractivity contribution in [3.63, 3.8) is 0 Å². The number of carbonyl (C=O) groups excluding carboxylic acids is 1. The van der Waals surface area contributed by atoms with Crippen molar-refractivity contribution in [3.05, 3.63) is 53.7 Å². The molecular weight excluding hydrogens is 342 g/mol. The van der Waals surface area contributed by atoms with Gasteiger partial charge in [-0.25, -0.2) is 4.98 Å². The molecule has 0 spiro atoms. The molecule has 25 heavy (non-hydrogen) atoms. The van der Waals surface area contributed by atoms with E-state index in [9.17, 15) is 4.79 Å². The van der Waals surface area contributed by atoms with Gasteiger partial charge in [0.05, 0.1) is 0 Å². The first-order valence-electron chi connectivity index (χ1n) is 7.75. The predicted octanol–water partition coefficient (Wildman–Crippen LogP) is -1.52. The zero-order valence-electron chi connectivity index (χ0n) is 14.3. The summed E-state index contributed by atoms with van der Waals surface area (Å²) >= 11 is 0. The first kappa shape index (κ1) is 20.9. The average Bonchev–Trinajstić information content (AvgIpc) is 3.05. The lowest BCUT2D eigenvalue weighted by molar-refractivity contribution is -0.0000154. The van der Waals surface area contributed by atoms with Crippen LogP contribution >= 0.6 is 0 Å². The van der Waals surface area contributed by atoms with Crippen LogP contribution in [0.4, 0.5) is 0 Å². The molecule has 2 heterocycles. The van der Waals surface area contributed by atoms with Crippen LogP contribution in [0.15, 0.2) is 36.7 Å². The van der Waals surface area contributed by atoms with Crippen molar-refractivity contribution in [2.45, 2.75) is 26.3 Å². The molecule has 0 radical (unpaired) electrons. The average molecular weight is 365 g/mol. The Morgan fingerprint density at radius 1 is 1.24 bits per heavy atom. The number of para-hydroxylation sites is 1. The lowest BCUT2D eigenvalue weighted by Crippen LogP contribution is -3.00. The number of rotatable bonds is 2. The number of Topliss-reactive ketones (excluding diaryl/α,β-unsaturated/α-hetero) is 1. The van der Waals surface area contributed by atoms with Crippen LogP contribution < -0.4 is 12.4 Å². The Hall–Kier alpha value is -2.15. The van der Waals surface area contributed by atoms with E-state index in [0.717, 1.165) is 41.7 Å². The molecule has 0 bridgehead atoms. The molecule has 2 aromatic heterocycles. The van der Waals surface area contributed by atoms with Gasteiger partial charge in [-0.15, -0.1) is 0 Å². The maximum absolute atomic E-state index is 13.0. The van der Waals surface area contributed by atoms with Gasteiger partial charge in [-0.05, 0) is 25.8 Å². The summed E-state index contributed by atoms with van der Waals surface area (Å²) in [5, 5.41) is 1.09. The fourth-order valence-electron chi connectivity index (χ4n) is 3.67. The molecule has 1 unspecified atom stereocenters. The summed E-state index contributed by atoms with van der Waals surface area (Å²) in [4.78, 5) is 17.3. The summed E-state index contributed by atoms with van der Waals surface area (Å²) in [6.07, 6.45) is 5.63. The molecule has 1 aromatic carbocycles. The number of hydrogen-bond donors (Lipinski definition) is 0. The van der Waals surface area contributed by atoms with E-state index in [-0.39, 0.29) is 35.1 Å². The van der Waals surface area contributed by atoms with Gasteiger partial charge in [-0.3, -0.25) is 4.79 Å². The highest BCUT2D eigenvalue weighted by atomic mass is 35.5. The summed E-state index contributed by atoms with van der Waals surface area (Å²) in [6, 6.07) is 8.21. The number of carbonyl (C=O) groups is 1. The van der Waals surface area contributed by atoms with Crippen LogP contribution in [-0.2, 0) is 20.0 Å². The largest absolute Gasteiger partial charge is 1.00 e. The van der Waals surface area contributed by atoms with E-state index in [1.165, 1.54) is 5.69 Å². The number of aryl methyl sites for hydroxylation is 2. The Bertz CT molecular complexity index is 885. The van der Waals surface area contributed by atoms with Crippen molar-refractivity contribution in [2.24, 2.45) is 13.0 Å². The number of halogens is 1. The number of hydrogen-bond acceptors (Lipinski definition) is 2. The molecule has 0 saturated carbocycles. The monoisotopic (exact) mass is 364 g/mol. The van der Waals surface area contributed by atoms with Gasteiger partial charge < -0.3 is 32.5 Å². The second-order valence-electron chi connectivity index (χ2n) is 6.12. The van der Waals surface area contributed by atoms with E-state index < -0.39 is 0 Å². The summed E-state index contributed by atoms with van der Waals surface area (Å²) in [5.41, 5.74) is 3.28. The van der Waals surface area contributed by atoms with Crippen molar-refractivity contribution < 1.29 is 28.2 Å². The lowest BCUT2D eigenvalue weighted by Gasteiger charge is -2.23. The van der Waals surface area contributed by atoms with Crippen molar-refractivity contribution in [3.8, 4) is 0 Å². The van der Waals surface area contributed by atoms with Gasteiger partial charge in [0, 0.05) is 54.1 Å². The van der Waals surface area contributed by atoms with Gasteiger partial charge in [0.2, 0.25) is 0 Å². The number of nitrogens with zero attached hydrogens (tertiary/aromatic N) is 3. The minimum atomic E-state index is 0. The highest BCUT2D eigenvalue weighted by molar-refractivity contribution is 6.11. The molecule has 7 heteroatoms. The molecular formula is C18H23ClN3O3-. The van der Waals surface area contributed by atoms with Gasteiger partial charge in [0.25, 0.3) is 0 Å². The van der Waals surface area contributed by atoms with Crippen LogP contribution in [0.5, 0.6) is 0 Å². The first-order chi connectivity index (χ1) is 10.7. The normalized spacial score (nSPS) is 15.8. The van der Waals surface area contributed by atoms with Crippen molar-refractivity contribution >= 4 is 16.7 Å². The fraction of sp³-hybridized carbons (Fsp3) is 0.333. The third-order valence-corrected chi connectivity index (χ3v) is 4.92. The van der Waals surface area contributed by atoms with Crippen LogP contribution in [0.2, 0.25) is 0 Å². The highest BCUT2D eigenvalue weighted by Crippen LogP contribution is 2.34. The zero-order chi connectivity index (χ0) is 15.3.